The van der Waals surface area contributed by atoms with Crippen LogP contribution in [0.1, 0.15) is 290 Å². The molecule has 0 radical (unpaired) electrons. The van der Waals surface area contributed by atoms with E-state index in [0.29, 0.717) is 19.3 Å². The zero-order valence-corrected chi connectivity index (χ0v) is 45.4. The Balaban J connectivity index is -0.000000148. The largest absolute Gasteiger partial charge is 0.481 e. The van der Waals surface area contributed by atoms with Gasteiger partial charge in [-0.05, 0) is 96.3 Å². The first-order chi connectivity index (χ1) is 29.3. The number of carboxylic acid groups (broad SMARTS) is 3. The van der Waals surface area contributed by atoms with Crippen LogP contribution in [0.2, 0.25) is 0 Å². The van der Waals surface area contributed by atoms with Crippen molar-refractivity contribution in [2.24, 2.45) is 0 Å². The molecule has 0 aromatic carbocycles. The number of allylic oxidation sites excluding steroid dienone is 6. The molecule has 386 valence electrons. The number of unbranched alkanes of at least 4 members (excludes halogenated alkanes) is 33. The van der Waals surface area contributed by atoms with Gasteiger partial charge in [0.2, 0.25) is 0 Å². The molecule has 0 aromatic rings. The van der Waals surface area contributed by atoms with Crippen molar-refractivity contribution in [1.29, 1.82) is 0 Å². The van der Waals surface area contributed by atoms with E-state index in [1.807, 2.05) is 0 Å². The summed E-state index contributed by atoms with van der Waals surface area (Å²) in [5.41, 5.74) is 0. The number of hydrogen-bond acceptors (Lipinski definition) is 3. The van der Waals surface area contributed by atoms with Crippen molar-refractivity contribution in [2.45, 2.75) is 290 Å². The van der Waals surface area contributed by atoms with Crippen LogP contribution in [0.3, 0.4) is 0 Å². The fraction of sp³-hybridized carbons (Fsp3) is 0.833. The van der Waals surface area contributed by atoms with Gasteiger partial charge in [-0.3, -0.25) is 14.4 Å². The molecule has 0 amide bonds. The van der Waals surface area contributed by atoms with Crippen LogP contribution in [0.15, 0.2) is 36.5 Å². The standard InChI is InChI=1S/3C18H34O2.3ClH.Fe/c3*1-2-3-4-5-6-7-8-9-10-11-12-13-14-15-16-17-18(19)20;;;;/h3*9-10H,2-8,11-17H2,1H3,(H,19,20);3*1H;/b3*10-9-;;;;. The maximum absolute atomic E-state index is 10.3. The van der Waals surface area contributed by atoms with Crippen LogP contribution in [0.25, 0.3) is 0 Å². The Bertz CT molecular complexity index is 844. The molecule has 0 aliphatic rings. The zero-order valence-electron chi connectivity index (χ0n) is 41.8. The van der Waals surface area contributed by atoms with Gasteiger partial charge < -0.3 is 15.3 Å². The van der Waals surface area contributed by atoms with E-state index in [2.05, 4.69) is 57.2 Å². The van der Waals surface area contributed by atoms with Gasteiger partial charge in [0.15, 0.2) is 0 Å². The van der Waals surface area contributed by atoms with E-state index in [1.54, 1.807) is 0 Å². The van der Waals surface area contributed by atoms with E-state index in [1.165, 1.54) is 212 Å². The summed E-state index contributed by atoms with van der Waals surface area (Å²) in [6.07, 6.45) is 63.7. The average molecular weight is 1010 g/mol. The molecule has 64 heavy (non-hydrogen) atoms. The first-order valence-electron chi connectivity index (χ1n) is 25.9. The van der Waals surface area contributed by atoms with E-state index >= 15 is 0 Å². The molecule has 0 spiro atoms. The van der Waals surface area contributed by atoms with Crippen molar-refractivity contribution in [3.8, 4) is 0 Å². The summed E-state index contributed by atoms with van der Waals surface area (Å²) in [6, 6.07) is 0. The van der Waals surface area contributed by atoms with E-state index in [0.717, 1.165) is 38.5 Å². The number of carbonyl (C=O) groups is 3. The van der Waals surface area contributed by atoms with Crippen molar-refractivity contribution in [3.63, 3.8) is 0 Å². The molecule has 0 rings (SSSR count). The second kappa shape index (κ2) is 73.6. The number of aliphatic carboxylic acids is 3. The van der Waals surface area contributed by atoms with Crippen molar-refractivity contribution in [3.05, 3.63) is 36.5 Å². The Kier molecular flexibility index (Phi) is 88.8. The molecule has 10 heteroatoms. The summed E-state index contributed by atoms with van der Waals surface area (Å²) in [5.74, 6) is -1.99. The summed E-state index contributed by atoms with van der Waals surface area (Å²) in [6.45, 7) is 6.78. The normalized spacial score (nSPS) is 10.5. The molecule has 0 fully saturated rings. The number of carboxylic acids is 3. The van der Waals surface area contributed by atoms with Crippen molar-refractivity contribution >= 4 is 55.1 Å². The summed E-state index contributed by atoms with van der Waals surface area (Å²) in [4.78, 5) is 31.0. The molecule has 0 aliphatic carbocycles. The maximum Gasteiger partial charge on any atom is 0.303 e. The van der Waals surface area contributed by atoms with Gasteiger partial charge >= 0.3 is 17.9 Å². The average Bonchev–Trinajstić information content (AvgIpc) is 3.22. The van der Waals surface area contributed by atoms with Crippen LogP contribution in [-0.2, 0) is 31.5 Å². The third-order valence-electron chi connectivity index (χ3n) is 11.0. The van der Waals surface area contributed by atoms with E-state index in [4.69, 9.17) is 15.3 Å². The predicted octanol–water partition coefficient (Wildman–Crippen LogP) is 19.6. The third kappa shape index (κ3) is 87.9. The van der Waals surface area contributed by atoms with Gasteiger partial charge in [-0.1, -0.05) is 211 Å². The first kappa shape index (κ1) is 77.2. The van der Waals surface area contributed by atoms with Gasteiger partial charge in [-0.25, -0.2) is 0 Å². The third-order valence-corrected chi connectivity index (χ3v) is 11.0. The summed E-state index contributed by atoms with van der Waals surface area (Å²) < 4.78 is 0. The minimum Gasteiger partial charge on any atom is -0.481 e. The second-order valence-corrected chi connectivity index (χ2v) is 17.2. The van der Waals surface area contributed by atoms with Crippen molar-refractivity contribution in [2.75, 3.05) is 0 Å². The minimum absolute atomic E-state index is 0. The monoisotopic (exact) mass is 1010 g/mol. The molecule has 0 bridgehead atoms. The number of rotatable bonds is 45. The summed E-state index contributed by atoms with van der Waals surface area (Å²) in [5, 5.41) is 25.5. The molecule has 0 saturated heterocycles. The van der Waals surface area contributed by atoms with E-state index in [-0.39, 0.29) is 54.3 Å². The Hall–Kier alpha value is -0.981. The SMILES string of the molecule is CCCCCCCC/C=C\CCCCCCCC(=O)O.CCCCCCCC/C=C\CCCCCCCC(=O)O.CCCCCCCC/C=C\CCCCCCCC(=O)O.Cl.Cl.Cl.[Fe]. The van der Waals surface area contributed by atoms with Gasteiger partial charge in [-0.15, -0.1) is 37.2 Å². The summed E-state index contributed by atoms with van der Waals surface area (Å²) >= 11 is 0. The van der Waals surface area contributed by atoms with Gasteiger partial charge in [0, 0.05) is 36.3 Å². The minimum atomic E-state index is -0.664. The molecule has 0 unspecified atom stereocenters. The molecule has 0 heterocycles. The number of hydrogen-bond donors (Lipinski definition) is 3. The Morgan fingerprint density at radius 1 is 0.266 bits per heavy atom. The quantitative estimate of drug-likeness (QED) is 0.0318. The molecular formula is C54H105Cl3FeO6. The molecule has 3 N–H and O–H groups in total. The van der Waals surface area contributed by atoms with Crippen molar-refractivity contribution < 1.29 is 46.8 Å². The second-order valence-electron chi connectivity index (χ2n) is 17.2. The van der Waals surface area contributed by atoms with Crippen LogP contribution in [-0.4, -0.2) is 33.2 Å². The molecule has 0 saturated carbocycles. The van der Waals surface area contributed by atoms with Gasteiger partial charge in [0.25, 0.3) is 0 Å². The molecule has 0 aromatic heterocycles. The van der Waals surface area contributed by atoms with E-state index in [9.17, 15) is 14.4 Å². The van der Waals surface area contributed by atoms with Crippen LogP contribution in [0.5, 0.6) is 0 Å². The zero-order chi connectivity index (χ0) is 44.7. The Morgan fingerprint density at radius 2 is 0.406 bits per heavy atom. The Labute approximate surface area is 426 Å². The van der Waals surface area contributed by atoms with Crippen LogP contribution in [0, 0.1) is 0 Å². The van der Waals surface area contributed by atoms with Crippen LogP contribution in [0.4, 0.5) is 0 Å². The van der Waals surface area contributed by atoms with Crippen LogP contribution >= 0.6 is 37.2 Å². The van der Waals surface area contributed by atoms with E-state index < -0.39 is 17.9 Å². The topological polar surface area (TPSA) is 112 Å². The fourth-order valence-corrected chi connectivity index (χ4v) is 7.04. The Morgan fingerprint density at radius 3 is 0.562 bits per heavy atom. The number of halogens is 3. The molecule has 0 atom stereocenters. The van der Waals surface area contributed by atoms with Gasteiger partial charge in [0.1, 0.15) is 0 Å². The maximum atomic E-state index is 10.3. The van der Waals surface area contributed by atoms with Gasteiger partial charge in [-0.2, -0.15) is 0 Å². The predicted molar refractivity (Wildman–Crippen MR) is 283 cm³/mol. The molecular weight excluding hydrogens is 907 g/mol. The van der Waals surface area contributed by atoms with Crippen LogP contribution < -0.4 is 0 Å². The first-order valence-corrected chi connectivity index (χ1v) is 25.9. The summed E-state index contributed by atoms with van der Waals surface area (Å²) in [7, 11) is 0. The van der Waals surface area contributed by atoms with Crippen molar-refractivity contribution in [1.82, 2.24) is 0 Å². The fourth-order valence-electron chi connectivity index (χ4n) is 7.04. The van der Waals surface area contributed by atoms with Gasteiger partial charge in [0.05, 0.1) is 0 Å². The molecule has 0 aliphatic heterocycles. The smallest absolute Gasteiger partial charge is 0.303 e. The molecule has 6 nitrogen and oxygen atoms in total.